The summed E-state index contributed by atoms with van der Waals surface area (Å²) in [4.78, 5) is 23.1. The van der Waals surface area contributed by atoms with E-state index in [0.29, 0.717) is 19.7 Å². The zero-order valence-corrected chi connectivity index (χ0v) is 15.5. The van der Waals surface area contributed by atoms with E-state index in [-0.39, 0.29) is 12.1 Å². The number of nitrogens with one attached hydrogen (secondary N) is 1. The average molecular weight is 373 g/mol. The molecular formula is C18H23N5O2S. The molecule has 0 radical (unpaired) electrons. The predicted molar refractivity (Wildman–Crippen MR) is 98.8 cm³/mol. The van der Waals surface area contributed by atoms with Gasteiger partial charge in [-0.15, -0.1) is 0 Å². The molecule has 0 spiro atoms. The summed E-state index contributed by atoms with van der Waals surface area (Å²) in [6, 6.07) is 5.76. The molecule has 4 rings (SSSR count). The van der Waals surface area contributed by atoms with Gasteiger partial charge in [-0.3, -0.25) is 4.98 Å². The van der Waals surface area contributed by atoms with Crippen LogP contribution in [0.1, 0.15) is 24.2 Å². The lowest BCUT2D eigenvalue weighted by Gasteiger charge is -2.32. The summed E-state index contributed by atoms with van der Waals surface area (Å²) in [7, 11) is 0. The fraction of sp³-hybridized carbons (Fsp3) is 0.500. The number of piperidine rings is 1. The summed E-state index contributed by atoms with van der Waals surface area (Å²) >= 11 is 1.76. The molecule has 2 aromatic heterocycles. The third-order valence-electron chi connectivity index (χ3n) is 4.63. The van der Waals surface area contributed by atoms with Gasteiger partial charge in [-0.1, -0.05) is 17.8 Å². The predicted octanol–water partition coefficient (Wildman–Crippen LogP) is 2.27. The van der Waals surface area contributed by atoms with E-state index in [1.165, 1.54) is 0 Å². The summed E-state index contributed by atoms with van der Waals surface area (Å²) in [5, 5.41) is 4.04. The minimum absolute atomic E-state index is 0.0445. The zero-order valence-electron chi connectivity index (χ0n) is 14.6. The highest BCUT2D eigenvalue weighted by molar-refractivity contribution is 7.99. The van der Waals surface area contributed by atoms with Crippen molar-refractivity contribution in [3.05, 3.63) is 42.0 Å². The van der Waals surface area contributed by atoms with Gasteiger partial charge >= 0.3 is 6.03 Å². The van der Waals surface area contributed by atoms with E-state index in [9.17, 15) is 4.79 Å². The third-order valence-corrected chi connectivity index (χ3v) is 5.60. The van der Waals surface area contributed by atoms with Crippen LogP contribution < -0.4 is 5.32 Å². The van der Waals surface area contributed by atoms with Crippen molar-refractivity contribution < 1.29 is 9.53 Å². The first-order valence-electron chi connectivity index (χ1n) is 9.01. The number of amides is 2. The van der Waals surface area contributed by atoms with E-state index in [2.05, 4.69) is 19.9 Å². The highest BCUT2D eigenvalue weighted by Crippen LogP contribution is 2.24. The summed E-state index contributed by atoms with van der Waals surface area (Å²) < 4.78 is 8.10. The molecule has 0 aliphatic carbocycles. The molecule has 138 valence electrons. The number of likely N-dealkylation sites (tertiary alicyclic amines) is 1. The normalized spacial score (nSPS) is 19.4. The van der Waals surface area contributed by atoms with Crippen molar-refractivity contribution in [1.29, 1.82) is 0 Å². The Labute approximate surface area is 157 Å². The topological polar surface area (TPSA) is 72.3 Å². The maximum Gasteiger partial charge on any atom is 0.317 e. The molecule has 2 aliphatic heterocycles. The summed E-state index contributed by atoms with van der Waals surface area (Å²) in [6.07, 6.45) is 5.79. The second-order valence-electron chi connectivity index (χ2n) is 6.56. The Morgan fingerprint density at radius 2 is 2.31 bits per heavy atom. The Hall–Kier alpha value is -2.06. The van der Waals surface area contributed by atoms with Crippen LogP contribution >= 0.6 is 11.8 Å². The number of thioether (sulfide) groups is 1. The Kier molecular flexibility index (Phi) is 5.40. The van der Waals surface area contributed by atoms with Gasteiger partial charge in [-0.05, 0) is 25.0 Å². The molecule has 1 unspecified atom stereocenters. The van der Waals surface area contributed by atoms with Crippen LogP contribution in [0.5, 0.6) is 0 Å². The van der Waals surface area contributed by atoms with Gasteiger partial charge in [0.1, 0.15) is 0 Å². The van der Waals surface area contributed by atoms with E-state index in [1.54, 1.807) is 18.0 Å². The van der Waals surface area contributed by atoms with Gasteiger partial charge in [-0.2, -0.15) is 0 Å². The number of carbonyl (C=O) groups is 1. The number of nitrogens with zero attached hydrogens (tertiary/aromatic N) is 4. The number of urea groups is 1. The Balaban J connectivity index is 1.24. The molecule has 2 aromatic rings. The average Bonchev–Trinajstić information content (AvgIpc) is 3.27. The summed E-state index contributed by atoms with van der Waals surface area (Å²) in [5.74, 6) is 1.09. The lowest BCUT2D eigenvalue weighted by Crippen LogP contribution is -2.47. The standard InChI is InChI=1S/C18H23N5O2S/c24-17(20-10-15-11-23-8-9-26-18(23)21-15)22-7-3-5-16(12-22)25-13-14-4-1-2-6-19-14/h1-2,4,6,11,16H,3,5,7-10,12-13H2,(H,20,24). The molecule has 8 heteroatoms. The highest BCUT2D eigenvalue weighted by Gasteiger charge is 2.24. The number of rotatable bonds is 5. The molecule has 1 N–H and O–H groups in total. The van der Waals surface area contributed by atoms with Crippen molar-refractivity contribution in [2.75, 3.05) is 18.8 Å². The number of ether oxygens (including phenoxy) is 1. The first kappa shape index (κ1) is 17.4. The van der Waals surface area contributed by atoms with Crippen molar-refractivity contribution in [1.82, 2.24) is 24.8 Å². The summed E-state index contributed by atoms with van der Waals surface area (Å²) in [5.41, 5.74) is 1.83. The van der Waals surface area contributed by atoms with Gasteiger partial charge < -0.3 is 19.5 Å². The lowest BCUT2D eigenvalue weighted by atomic mass is 10.1. The molecule has 0 saturated carbocycles. The minimum atomic E-state index is -0.0445. The zero-order chi connectivity index (χ0) is 17.8. The minimum Gasteiger partial charge on any atom is -0.370 e. The first-order valence-corrected chi connectivity index (χ1v) is 9.99. The molecule has 0 bridgehead atoms. The van der Waals surface area contributed by atoms with Crippen molar-refractivity contribution in [3.63, 3.8) is 0 Å². The fourth-order valence-electron chi connectivity index (χ4n) is 3.27. The van der Waals surface area contributed by atoms with Gasteiger partial charge in [0.15, 0.2) is 5.16 Å². The maximum absolute atomic E-state index is 12.5. The van der Waals surface area contributed by atoms with Gasteiger partial charge in [0.2, 0.25) is 0 Å². The molecule has 1 fully saturated rings. The number of hydrogen-bond acceptors (Lipinski definition) is 5. The van der Waals surface area contributed by atoms with E-state index >= 15 is 0 Å². The molecule has 26 heavy (non-hydrogen) atoms. The van der Waals surface area contributed by atoms with Crippen LogP contribution in [-0.2, 0) is 24.4 Å². The number of carbonyl (C=O) groups excluding carboxylic acids is 1. The van der Waals surface area contributed by atoms with Crippen molar-refractivity contribution in [2.24, 2.45) is 0 Å². The highest BCUT2D eigenvalue weighted by atomic mass is 32.2. The van der Waals surface area contributed by atoms with Gasteiger partial charge in [0.05, 0.1) is 30.6 Å². The van der Waals surface area contributed by atoms with Crippen molar-refractivity contribution in [3.8, 4) is 0 Å². The van der Waals surface area contributed by atoms with Gasteiger partial charge in [-0.25, -0.2) is 9.78 Å². The van der Waals surface area contributed by atoms with E-state index in [4.69, 9.17) is 4.74 Å². The lowest BCUT2D eigenvalue weighted by molar-refractivity contribution is -0.00168. The molecule has 7 nitrogen and oxygen atoms in total. The monoisotopic (exact) mass is 373 g/mol. The molecule has 2 amide bonds. The van der Waals surface area contributed by atoms with E-state index in [1.807, 2.05) is 29.3 Å². The molecule has 1 saturated heterocycles. The van der Waals surface area contributed by atoms with Crippen molar-refractivity contribution >= 4 is 17.8 Å². The SMILES string of the molecule is O=C(NCc1cn2c(n1)SCC2)N1CCCC(OCc2ccccn2)C1. The number of aryl methyl sites for hydroxylation is 1. The number of imidazole rings is 1. The second kappa shape index (κ2) is 8.09. The number of hydrogen-bond donors (Lipinski definition) is 1. The van der Waals surface area contributed by atoms with Crippen LogP contribution in [0.4, 0.5) is 4.79 Å². The van der Waals surface area contributed by atoms with Crippen LogP contribution in [0.15, 0.2) is 35.7 Å². The van der Waals surface area contributed by atoms with E-state index in [0.717, 1.165) is 48.2 Å². The molecule has 4 heterocycles. The molecule has 1 atom stereocenters. The number of fused-ring (bicyclic) bond motifs is 1. The first-order chi connectivity index (χ1) is 12.8. The largest absolute Gasteiger partial charge is 0.370 e. The molecule has 2 aliphatic rings. The quantitative estimate of drug-likeness (QED) is 0.870. The van der Waals surface area contributed by atoms with Crippen LogP contribution in [-0.4, -0.2) is 50.4 Å². The second-order valence-corrected chi connectivity index (χ2v) is 7.62. The Bertz CT molecular complexity index is 730. The molecule has 0 aromatic carbocycles. The van der Waals surface area contributed by atoms with Crippen molar-refractivity contribution in [2.45, 2.75) is 43.8 Å². The van der Waals surface area contributed by atoms with Crippen LogP contribution in [0.3, 0.4) is 0 Å². The smallest absolute Gasteiger partial charge is 0.317 e. The van der Waals surface area contributed by atoms with E-state index < -0.39 is 0 Å². The Morgan fingerprint density at radius 1 is 1.35 bits per heavy atom. The van der Waals surface area contributed by atoms with Gasteiger partial charge in [0, 0.05) is 37.8 Å². The van der Waals surface area contributed by atoms with Crippen LogP contribution in [0, 0.1) is 0 Å². The Morgan fingerprint density at radius 3 is 3.15 bits per heavy atom. The maximum atomic E-state index is 12.5. The van der Waals surface area contributed by atoms with Gasteiger partial charge in [0.25, 0.3) is 0 Å². The third kappa shape index (κ3) is 4.19. The number of pyridine rings is 1. The molecular weight excluding hydrogens is 350 g/mol. The van der Waals surface area contributed by atoms with Crippen LogP contribution in [0.25, 0.3) is 0 Å². The van der Waals surface area contributed by atoms with Crippen LogP contribution in [0.2, 0.25) is 0 Å². The number of aromatic nitrogens is 3. The fourth-order valence-corrected chi connectivity index (χ4v) is 4.23. The summed E-state index contributed by atoms with van der Waals surface area (Å²) in [6.45, 7) is 3.34.